The van der Waals surface area contributed by atoms with Crippen molar-refractivity contribution < 1.29 is 9.53 Å². The number of carbonyl (C=O) groups excluding carboxylic acids is 1. The Morgan fingerprint density at radius 3 is 2.50 bits per heavy atom. The second-order valence-corrected chi connectivity index (χ2v) is 5.07. The molecule has 0 aromatic heterocycles. The summed E-state index contributed by atoms with van der Waals surface area (Å²) in [6, 6.07) is -0.0275. The summed E-state index contributed by atoms with van der Waals surface area (Å²) in [5.74, 6) is -0.00365. The minimum Gasteiger partial charge on any atom is -0.392 e. The van der Waals surface area contributed by atoms with E-state index in [1.165, 1.54) is 0 Å². The van der Waals surface area contributed by atoms with E-state index >= 15 is 0 Å². The summed E-state index contributed by atoms with van der Waals surface area (Å²) in [5.41, 5.74) is 5.55. The molecule has 0 heterocycles. The average molecular weight is 275 g/mol. The number of ether oxygens (including phenoxy) is 1. The summed E-state index contributed by atoms with van der Waals surface area (Å²) in [5, 5.41) is 2.88. The van der Waals surface area contributed by atoms with Gasteiger partial charge in [0.1, 0.15) is 0 Å². The number of nitrogens with one attached hydrogen (secondary N) is 1. The zero-order valence-corrected chi connectivity index (χ0v) is 12.5. The summed E-state index contributed by atoms with van der Waals surface area (Å²) < 4.78 is 4.93. The molecule has 0 aliphatic carbocycles. The number of nitrogens with zero attached hydrogens (tertiary/aromatic N) is 1. The number of hydrogen-bond donors (Lipinski definition) is 2. The van der Waals surface area contributed by atoms with E-state index in [1.54, 1.807) is 7.11 Å². The Labute approximate surface area is 115 Å². The minimum atomic E-state index is -0.242. The molecule has 0 fully saturated rings. The molecule has 0 aliphatic rings. The number of methoxy groups -OCH3 is 1. The number of carbonyl (C=O) groups is 1. The number of nitrogens with two attached hydrogens (primary N) is 1. The lowest BCUT2D eigenvalue weighted by Crippen LogP contribution is -2.50. The van der Waals surface area contributed by atoms with Crippen molar-refractivity contribution in [1.29, 1.82) is 0 Å². The molecule has 1 atom stereocenters. The average Bonchev–Trinajstić information content (AvgIpc) is 2.30. The van der Waals surface area contributed by atoms with Crippen LogP contribution in [0.1, 0.15) is 27.2 Å². The SMILES string of the molecule is COCCCNC(=O)C(C)N(CC(N)=S)C(C)C. The Hall–Kier alpha value is -0.720. The first-order valence-corrected chi connectivity index (χ1v) is 6.61. The van der Waals surface area contributed by atoms with Crippen molar-refractivity contribution in [2.24, 2.45) is 5.73 Å². The molecule has 1 unspecified atom stereocenters. The molecule has 0 saturated carbocycles. The second kappa shape index (κ2) is 9.24. The van der Waals surface area contributed by atoms with Crippen LogP contribution in [0.15, 0.2) is 0 Å². The normalized spacial score (nSPS) is 12.8. The largest absolute Gasteiger partial charge is 0.392 e. The van der Waals surface area contributed by atoms with Gasteiger partial charge in [0.2, 0.25) is 5.91 Å². The van der Waals surface area contributed by atoms with Crippen LogP contribution >= 0.6 is 12.2 Å². The van der Waals surface area contributed by atoms with Gasteiger partial charge in [-0.2, -0.15) is 0 Å². The van der Waals surface area contributed by atoms with Gasteiger partial charge in [-0.05, 0) is 27.2 Å². The van der Waals surface area contributed by atoms with Crippen molar-refractivity contribution >= 4 is 23.1 Å². The van der Waals surface area contributed by atoms with E-state index in [9.17, 15) is 4.79 Å². The summed E-state index contributed by atoms with van der Waals surface area (Å²) in [7, 11) is 1.65. The first kappa shape index (κ1) is 17.3. The third-order valence-corrected chi connectivity index (χ3v) is 2.83. The molecule has 0 rings (SSSR count). The van der Waals surface area contributed by atoms with E-state index < -0.39 is 0 Å². The highest BCUT2D eigenvalue weighted by molar-refractivity contribution is 7.80. The topological polar surface area (TPSA) is 67.6 Å². The lowest BCUT2D eigenvalue weighted by atomic mass is 10.2. The van der Waals surface area contributed by atoms with Crippen LogP contribution < -0.4 is 11.1 Å². The van der Waals surface area contributed by atoms with E-state index in [2.05, 4.69) is 5.32 Å². The molecule has 18 heavy (non-hydrogen) atoms. The molecule has 0 aromatic carbocycles. The van der Waals surface area contributed by atoms with Crippen molar-refractivity contribution in [2.75, 3.05) is 26.8 Å². The highest BCUT2D eigenvalue weighted by Gasteiger charge is 2.23. The quantitative estimate of drug-likeness (QED) is 0.474. The molecule has 0 aromatic rings. The highest BCUT2D eigenvalue weighted by Crippen LogP contribution is 2.05. The van der Waals surface area contributed by atoms with Crippen LogP contribution in [0.25, 0.3) is 0 Å². The van der Waals surface area contributed by atoms with Gasteiger partial charge in [-0.15, -0.1) is 0 Å². The molecule has 0 radical (unpaired) electrons. The fourth-order valence-corrected chi connectivity index (χ4v) is 1.82. The van der Waals surface area contributed by atoms with E-state index in [0.29, 0.717) is 24.7 Å². The maximum atomic E-state index is 12.0. The van der Waals surface area contributed by atoms with E-state index in [0.717, 1.165) is 6.42 Å². The van der Waals surface area contributed by atoms with Crippen LogP contribution in [0.3, 0.4) is 0 Å². The molecule has 5 nitrogen and oxygen atoms in total. The lowest BCUT2D eigenvalue weighted by molar-refractivity contribution is -0.126. The van der Waals surface area contributed by atoms with Crippen LogP contribution in [0.2, 0.25) is 0 Å². The summed E-state index contributed by atoms with van der Waals surface area (Å²) in [6.45, 7) is 7.63. The molecule has 3 N–H and O–H groups in total. The van der Waals surface area contributed by atoms with Crippen LogP contribution in [0.5, 0.6) is 0 Å². The second-order valence-electron chi connectivity index (χ2n) is 4.55. The van der Waals surface area contributed by atoms with Crippen LogP contribution in [-0.4, -0.2) is 54.7 Å². The molecule has 106 valence electrons. The minimum absolute atomic E-state index is 0.00365. The molecule has 0 spiro atoms. The van der Waals surface area contributed by atoms with Crippen LogP contribution in [0, 0.1) is 0 Å². The van der Waals surface area contributed by atoms with Crippen molar-refractivity contribution in [3.8, 4) is 0 Å². The van der Waals surface area contributed by atoms with Gasteiger partial charge in [-0.3, -0.25) is 9.69 Å². The zero-order chi connectivity index (χ0) is 14.1. The van der Waals surface area contributed by atoms with Gasteiger partial charge in [-0.25, -0.2) is 0 Å². The van der Waals surface area contributed by atoms with E-state index in [4.69, 9.17) is 22.7 Å². The van der Waals surface area contributed by atoms with E-state index in [-0.39, 0.29) is 18.0 Å². The van der Waals surface area contributed by atoms with Gasteiger partial charge in [0, 0.05) is 32.8 Å². The van der Waals surface area contributed by atoms with Crippen molar-refractivity contribution in [2.45, 2.75) is 39.3 Å². The highest BCUT2D eigenvalue weighted by atomic mass is 32.1. The Morgan fingerprint density at radius 1 is 1.44 bits per heavy atom. The molecular weight excluding hydrogens is 250 g/mol. The Bertz CT molecular complexity index is 272. The lowest BCUT2D eigenvalue weighted by Gasteiger charge is -2.31. The third kappa shape index (κ3) is 6.88. The number of amides is 1. The smallest absolute Gasteiger partial charge is 0.237 e. The first-order chi connectivity index (χ1) is 8.40. The first-order valence-electron chi connectivity index (χ1n) is 6.20. The third-order valence-electron chi connectivity index (χ3n) is 2.70. The number of thiocarbonyl (C=S) groups is 1. The predicted molar refractivity (Wildman–Crippen MR) is 77.6 cm³/mol. The van der Waals surface area contributed by atoms with Gasteiger partial charge in [0.15, 0.2) is 0 Å². The Balaban J connectivity index is 4.25. The van der Waals surface area contributed by atoms with Crippen molar-refractivity contribution in [3.05, 3.63) is 0 Å². The zero-order valence-electron chi connectivity index (χ0n) is 11.7. The Kier molecular flexibility index (Phi) is 8.87. The van der Waals surface area contributed by atoms with Gasteiger partial charge in [-0.1, -0.05) is 12.2 Å². The number of rotatable bonds is 9. The monoisotopic (exact) mass is 275 g/mol. The summed E-state index contributed by atoms with van der Waals surface area (Å²) in [6.07, 6.45) is 0.811. The van der Waals surface area contributed by atoms with E-state index in [1.807, 2.05) is 25.7 Å². The fraction of sp³-hybridized carbons (Fsp3) is 0.833. The fourth-order valence-electron chi connectivity index (χ4n) is 1.67. The molecule has 0 bridgehead atoms. The van der Waals surface area contributed by atoms with Crippen molar-refractivity contribution in [1.82, 2.24) is 10.2 Å². The number of hydrogen-bond acceptors (Lipinski definition) is 4. The van der Waals surface area contributed by atoms with Gasteiger partial charge < -0.3 is 15.8 Å². The maximum absolute atomic E-state index is 12.0. The van der Waals surface area contributed by atoms with Gasteiger partial charge in [0.25, 0.3) is 0 Å². The molecule has 0 saturated heterocycles. The standard InChI is InChI=1S/C12H25N3O2S/c1-9(2)15(8-11(13)18)10(3)12(16)14-6-5-7-17-4/h9-10H,5-8H2,1-4H3,(H2,13,18)(H,14,16). The van der Waals surface area contributed by atoms with Crippen LogP contribution in [0.4, 0.5) is 0 Å². The summed E-state index contributed by atoms with van der Waals surface area (Å²) in [4.78, 5) is 14.3. The molecule has 1 amide bonds. The molecule has 6 heteroatoms. The Morgan fingerprint density at radius 2 is 2.06 bits per heavy atom. The van der Waals surface area contributed by atoms with Gasteiger partial charge >= 0.3 is 0 Å². The summed E-state index contributed by atoms with van der Waals surface area (Å²) >= 11 is 4.91. The molecular formula is C12H25N3O2S. The van der Waals surface area contributed by atoms with Gasteiger partial charge in [0.05, 0.1) is 11.0 Å². The van der Waals surface area contributed by atoms with Crippen LogP contribution in [-0.2, 0) is 9.53 Å². The maximum Gasteiger partial charge on any atom is 0.237 e. The predicted octanol–water partition coefficient (Wildman–Crippen LogP) is 0.524. The molecule has 0 aliphatic heterocycles. The van der Waals surface area contributed by atoms with Crippen molar-refractivity contribution in [3.63, 3.8) is 0 Å².